The predicted octanol–water partition coefficient (Wildman–Crippen LogP) is 4.79. The van der Waals surface area contributed by atoms with Gasteiger partial charge in [-0.25, -0.2) is 34.9 Å². The van der Waals surface area contributed by atoms with Crippen molar-refractivity contribution >= 4 is 5.57 Å². The number of hydrogen-bond acceptors (Lipinski definition) is 11. The largest absolute Gasteiger partial charge is 0.418 e. The van der Waals surface area contributed by atoms with Gasteiger partial charge in [0.05, 0.1) is 33.0 Å². The number of fused-ring (bicyclic) bond motifs is 2. The average Bonchev–Trinajstić information content (AvgIpc) is 3.71. The first-order valence-corrected chi connectivity index (χ1v) is 13.9. The van der Waals surface area contributed by atoms with Crippen LogP contribution in [0.2, 0.25) is 0 Å². The summed E-state index contributed by atoms with van der Waals surface area (Å²) in [6.45, 7) is 0. The molecule has 0 saturated carbocycles. The molecule has 3 aromatic carbocycles. The Morgan fingerprint density at radius 1 is 0.558 bits per heavy atom. The van der Waals surface area contributed by atoms with E-state index in [1.54, 1.807) is 18.2 Å². The van der Waals surface area contributed by atoms with Crippen LogP contribution in [0.15, 0.2) is 85.7 Å². The number of nitriles is 4. The van der Waals surface area contributed by atoms with E-state index in [0.29, 0.717) is 18.2 Å². The molecule has 0 amide bonds. The molecule has 52 heavy (non-hydrogen) atoms. The van der Waals surface area contributed by atoms with Crippen LogP contribution < -0.4 is 21.4 Å². The van der Waals surface area contributed by atoms with E-state index in [-0.39, 0.29) is 39.3 Å². The molecule has 20 heteroatoms. The Labute approximate surface area is 282 Å². The molecule has 2 aliphatic heterocycles. The normalized spacial score (nSPS) is 14.2. The predicted molar refractivity (Wildman–Crippen MR) is 152 cm³/mol. The fraction of sp³-hybridized carbons (Fsp3) is 0.0938. The van der Waals surface area contributed by atoms with Crippen molar-refractivity contribution in [2.24, 2.45) is 20.0 Å². The molecule has 6 rings (SSSR count). The minimum Gasteiger partial charge on any atom is -0.226 e. The maximum Gasteiger partial charge on any atom is 0.418 e. The molecule has 254 valence electrons. The van der Waals surface area contributed by atoms with Crippen LogP contribution in [0.4, 0.5) is 39.5 Å². The lowest BCUT2D eigenvalue weighted by Crippen LogP contribution is -2.32. The lowest BCUT2D eigenvalue weighted by Gasteiger charge is -2.10. The van der Waals surface area contributed by atoms with E-state index >= 15 is 0 Å². The van der Waals surface area contributed by atoms with Gasteiger partial charge in [-0.15, -0.1) is 0 Å². The van der Waals surface area contributed by atoms with E-state index in [2.05, 4.69) is 34.9 Å². The highest BCUT2D eigenvalue weighted by Gasteiger charge is 2.39. The summed E-state index contributed by atoms with van der Waals surface area (Å²) < 4.78 is 122. The zero-order valence-corrected chi connectivity index (χ0v) is 24.9. The number of allylic oxidation sites excluding steroid dienone is 2. The summed E-state index contributed by atoms with van der Waals surface area (Å²) in [4.78, 5) is 28.1. The Bertz CT molecular complexity index is 2720. The first kappa shape index (κ1) is 34.5. The standard InChI is InChI=1S/C32H8F9N11/c33-30(34,35)15-3-1-13(2-4-15)25-50-27(17-5-6-21-23(18(17)11-44)48-26(46-21)14(9-42)10-43)52-29(51-25)19(12-45)28-47-22-8-16(31(36,37)38)7-20(24(22)49-28)32(39,40)41/h1-8H/b28-19+. The van der Waals surface area contributed by atoms with Crippen LogP contribution in [-0.2, 0) is 18.5 Å². The zero-order valence-electron chi connectivity index (χ0n) is 24.9. The van der Waals surface area contributed by atoms with E-state index < -0.39 is 80.4 Å². The molecular formula is C32H8F9N11. The van der Waals surface area contributed by atoms with Gasteiger partial charge in [0.1, 0.15) is 40.6 Å². The van der Waals surface area contributed by atoms with Crippen LogP contribution in [0.3, 0.4) is 0 Å². The summed E-state index contributed by atoms with van der Waals surface area (Å²) in [5.74, 6) is -2.70. The van der Waals surface area contributed by atoms with Crippen LogP contribution >= 0.6 is 0 Å². The van der Waals surface area contributed by atoms with E-state index in [9.17, 15) is 60.6 Å². The summed E-state index contributed by atoms with van der Waals surface area (Å²) in [5.41, 5.74) is -6.36. The maximum atomic E-state index is 13.9. The molecule has 0 fully saturated rings. The van der Waals surface area contributed by atoms with Crippen LogP contribution in [0.5, 0.6) is 0 Å². The van der Waals surface area contributed by atoms with Crippen LogP contribution in [0.25, 0.3) is 28.3 Å². The van der Waals surface area contributed by atoms with E-state index in [0.717, 1.165) is 12.1 Å². The maximum absolute atomic E-state index is 13.9. The molecule has 0 N–H and O–H groups in total. The van der Waals surface area contributed by atoms with Gasteiger partial charge in [0, 0.05) is 11.1 Å². The summed E-state index contributed by atoms with van der Waals surface area (Å²) in [6.07, 6.45) is -15.3. The zero-order chi connectivity index (χ0) is 37.7. The molecule has 0 bridgehead atoms. The van der Waals surface area contributed by atoms with Crippen molar-refractivity contribution in [2.45, 2.75) is 18.5 Å². The fourth-order valence-corrected chi connectivity index (χ4v) is 4.87. The van der Waals surface area contributed by atoms with Gasteiger partial charge in [-0.2, -0.15) is 60.6 Å². The highest BCUT2D eigenvalue weighted by molar-refractivity contribution is 5.78. The fourth-order valence-electron chi connectivity index (χ4n) is 4.87. The second kappa shape index (κ2) is 12.2. The molecule has 1 aromatic heterocycles. The van der Waals surface area contributed by atoms with Crippen molar-refractivity contribution in [1.82, 2.24) is 15.0 Å². The van der Waals surface area contributed by atoms with Crippen molar-refractivity contribution in [3.63, 3.8) is 0 Å². The van der Waals surface area contributed by atoms with Gasteiger partial charge < -0.3 is 0 Å². The van der Waals surface area contributed by atoms with Crippen molar-refractivity contribution in [3.05, 3.63) is 115 Å². The van der Waals surface area contributed by atoms with Gasteiger partial charge in [-0.05, 0) is 36.4 Å². The average molecular weight is 717 g/mol. The van der Waals surface area contributed by atoms with Crippen LogP contribution in [0, 0.1) is 45.3 Å². The minimum absolute atomic E-state index is 0.0513. The highest BCUT2D eigenvalue weighted by atomic mass is 19.4. The first-order valence-electron chi connectivity index (χ1n) is 13.9. The molecule has 11 nitrogen and oxygen atoms in total. The number of rotatable bonds is 3. The SMILES string of the molecule is N#CC(C#N)=C1N=c2ccc(-c3nc(/C(C#N)=C4\N=c5cc(C(F)(F)F)cc(C(F)(F)F)c5=N4)nc(-c4ccc(C(F)(F)F)cc4)n3)c(C#N)c2=N1. The van der Waals surface area contributed by atoms with Crippen molar-refractivity contribution in [3.8, 4) is 47.1 Å². The molecular weight excluding hydrogens is 709 g/mol. The quantitative estimate of drug-likeness (QED) is 0.216. The Balaban J connectivity index is 1.64. The van der Waals surface area contributed by atoms with Gasteiger partial charge in [0.25, 0.3) is 0 Å². The lowest BCUT2D eigenvalue weighted by atomic mass is 10.1. The van der Waals surface area contributed by atoms with Gasteiger partial charge in [-0.1, -0.05) is 12.1 Å². The molecule has 0 spiro atoms. The minimum atomic E-state index is -5.34. The Hall–Kier alpha value is -7.32. The van der Waals surface area contributed by atoms with E-state index in [1.807, 2.05) is 6.07 Å². The number of nitrogens with zero attached hydrogens (tertiary/aromatic N) is 11. The highest BCUT2D eigenvalue weighted by Crippen LogP contribution is 2.34. The number of halogens is 9. The van der Waals surface area contributed by atoms with Gasteiger partial charge in [0.2, 0.25) is 0 Å². The van der Waals surface area contributed by atoms with Gasteiger partial charge >= 0.3 is 18.5 Å². The molecule has 3 heterocycles. The van der Waals surface area contributed by atoms with Gasteiger partial charge in [0.15, 0.2) is 34.7 Å². The molecule has 0 radical (unpaired) electrons. The van der Waals surface area contributed by atoms with E-state index in [4.69, 9.17) is 0 Å². The van der Waals surface area contributed by atoms with Crippen LogP contribution in [0.1, 0.15) is 28.1 Å². The van der Waals surface area contributed by atoms with E-state index in [1.165, 1.54) is 12.1 Å². The second-order valence-corrected chi connectivity index (χ2v) is 10.4. The molecule has 2 aliphatic rings. The third-order valence-corrected chi connectivity index (χ3v) is 7.23. The summed E-state index contributed by atoms with van der Waals surface area (Å²) in [7, 11) is 0. The summed E-state index contributed by atoms with van der Waals surface area (Å²) in [5, 5.41) is 36.7. The van der Waals surface area contributed by atoms with Crippen molar-refractivity contribution in [2.75, 3.05) is 0 Å². The Morgan fingerprint density at radius 2 is 1.17 bits per heavy atom. The summed E-state index contributed by atoms with van der Waals surface area (Å²) in [6, 6.07) is 12.7. The lowest BCUT2D eigenvalue weighted by molar-refractivity contribution is -0.144. The van der Waals surface area contributed by atoms with Crippen molar-refractivity contribution in [1.29, 1.82) is 21.0 Å². The molecule has 4 aromatic rings. The molecule has 0 atom stereocenters. The molecule has 0 unspecified atom stereocenters. The number of aromatic nitrogens is 3. The number of hydrogen-bond donors (Lipinski definition) is 0. The second-order valence-electron chi connectivity index (χ2n) is 10.4. The molecule has 0 aliphatic carbocycles. The Morgan fingerprint density at radius 3 is 1.75 bits per heavy atom. The third-order valence-electron chi connectivity index (χ3n) is 7.23. The number of alkyl halides is 9. The smallest absolute Gasteiger partial charge is 0.226 e. The van der Waals surface area contributed by atoms with Gasteiger partial charge in [-0.3, -0.25) is 0 Å². The van der Waals surface area contributed by atoms with Crippen molar-refractivity contribution < 1.29 is 39.5 Å². The topological polar surface area (TPSA) is 183 Å². The first-order chi connectivity index (χ1) is 24.5. The summed E-state index contributed by atoms with van der Waals surface area (Å²) >= 11 is 0. The molecule has 0 saturated heterocycles. The van der Waals surface area contributed by atoms with Crippen LogP contribution in [-0.4, -0.2) is 15.0 Å². The third kappa shape index (κ3) is 6.16. The number of benzene rings is 3. The monoisotopic (exact) mass is 717 g/mol. The Kier molecular flexibility index (Phi) is 8.12.